The van der Waals surface area contributed by atoms with Crippen LogP contribution in [0.25, 0.3) is 0 Å². The number of rotatable bonds is 3. The number of benzene rings is 1. The van der Waals surface area contributed by atoms with E-state index in [9.17, 15) is 0 Å². The van der Waals surface area contributed by atoms with Gasteiger partial charge < -0.3 is 15.2 Å². The second-order valence-corrected chi connectivity index (χ2v) is 3.89. The fourth-order valence-corrected chi connectivity index (χ4v) is 2.24. The van der Waals surface area contributed by atoms with Crippen molar-refractivity contribution in [2.24, 2.45) is 5.73 Å². The lowest BCUT2D eigenvalue weighted by Crippen LogP contribution is -2.06. The molecule has 3 nitrogen and oxygen atoms in total. The van der Waals surface area contributed by atoms with E-state index in [0.717, 1.165) is 35.5 Å². The minimum Gasteiger partial charge on any atom is -0.496 e. The number of ether oxygens (including phenoxy) is 2. The predicted octanol–water partition coefficient (Wildman–Crippen LogP) is 1.78. The van der Waals surface area contributed by atoms with Crippen molar-refractivity contribution < 1.29 is 9.47 Å². The Labute approximate surface area is 94.1 Å². The van der Waals surface area contributed by atoms with Crippen LogP contribution in [0.15, 0.2) is 6.07 Å². The Morgan fingerprint density at radius 2 is 2.40 bits per heavy atom. The van der Waals surface area contributed by atoms with Crippen molar-refractivity contribution in [2.75, 3.05) is 20.3 Å². The zero-order chi connectivity index (χ0) is 10.8. The van der Waals surface area contributed by atoms with Gasteiger partial charge in [-0.25, -0.2) is 0 Å². The van der Waals surface area contributed by atoms with Gasteiger partial charge in [-0.3, -0.25) is 0 Å². The van der Waals surface area contributed by atoms with Crippen LogP contribution < -0.4 is 15.2 Å². The smallest absolute Gasteiger partial charge is 0.141 e. The zero-order valence-electron chi connectivity index (χ0n) is 8.68. The van der Waals surface area contributed by atoms with E-state index in [1.807, 2.05) is 0 Å². The van der Waals surface area contributed by atoms with E-state index in [0.29, 0.717) is 18.2 Å². The van der Waals surface area contributed by atoms with Crippen LogP contribution in [-0.2, 0) is 12.8 Å². The van der Waals surface area contributed by atoms with Crippen molar-refractivity contribution in [3.63, 3.8) is 0 Å². The molecule has 0 aromatic heterocycles. The standard InChI is InChI=1S/C11H14ClNO2/c1-14-10-6-9(12)11-8(3-5-15-11)7(10)2-4-13/h6H,2-5,13H2,1H3. The lowest BCUT2D eigenvalue weighted by molar-refractivity contribution is 0.356. The average molecular weight is 228 g/mol. The van der Waals surface area contributed by atoms with Crippen molar-refractivity contribution in [2.45, 2.75) is 12.8 Å². The van der Waals surface area contributed by atoms with Crippen molar-refractivity contribution in [3.05, 3.63) is 22.2 Å². The largest absolute Gasteiger partial charge is 0.496 e. The summed E-state index contributed by atoms with van der Waals surface area (Å²) in [6, 6.07) is 1.80. The highest BCUT2D eigenvalue weighted by Gasteiger charge is 2.22. The summed E-state index contributed by atoms with van der Waals surface area (Å²) in [7, 11) is 1.65. The molecule has 0 radical (unpaired) electrons. The Morgan fingerprint density at radius 3 is 3.07 bits per heavy atom. The molecule has 1 heterocycles. The van der Waals surface area contributed by atoms with Gasteiger partial charge in [-0.05, 0) is 13.0 Å². The molecule has 82 valence electrons. The maximum Gasteiger partial charge on any atom is 0.141 e. The first-order chi connectivity index (χ1) is 7.27. The fourth-order valence-electron chi connectivity index (χ4n) is 1.97. The van der Waals surface area contributed by atoms with E-state index in [4.69, 9.17) is 26.8 Å². The van der Waals surface area contributed by atoms with E-state index in [1.165, 1.54) is 0 Å². The molecule has 1 aliphatic heterocycles. The van der Waals surface area contributed by atoms with E-state index in [2.05, 4.69) is 0 Å². The second-order valence-electron chi connectivity index (χ2n) is 3.48. The number of fused-ring (bicyclic) bond motifs is 1. The van der Waals surface area contributed by atoms with Crippen LogP contribution in [-0.4, -0.2) is 20.3 Å². The minimum atomic E-state index is 0.602. The Morgan fingerprint density at radius 1 is 1.60 bits per heavy atom. The van der Waals surface area contributed by atoms with E-state index < -0.39 is 0 Å². The Balaban J connectivity index is 2.54. The lowest BCUT2D eigenvalue weighted by atomic mass is 10.0. The molecule has 0 amide bonds. The van der Waals surface area contributed by atoms with Crippen molar-refractivity contribution in [3.8, 4) is 11.5 Å². The third kappa shape index (κ3) is 1.77. The van der Waals surface area contributed by atoms with Crippen LogP contribution in [0.4, 0.5) is 0 Å². The molecule has 0 fully saturated rings. The van der Waals surface area contributed by atoms with Crippen LogP contribution >= 0.6 is 11.6 Å². The van der Waals surface area contributed by atoms with Crippen LogP contribution in [0.2, 0.25) is 5.02 Å². The average Bonchev–Trinajstić information content (AvgIpc) is 2.71. The summed E-state index contributed by atoms with van der Waals surface area (Å²) in [6.07, 6.45) is 1.69. The summed E-state index contributed by atoms with van der Waals surface area (Å²) < 4.78 is 10.8. The first kappa shape index (κ1) is 10.6. The first-order valence-corrected chi connectivity index (χ1v) is 5.36. The van der Waals surface area contributed by atoms with Gasteiger partial charge in [0.15, 0.2) is 0 Å². The molecular weight excluding hydrogens is 214 g/mol. The molecule has 2 N–H and O–H groups in total. The molecule has 0 bridgehead atoms. The van der Waals surface area contributed by atoms with Gasteiger partial charge in [-0.15, -0.1) is 0 Å². The molecule has 4 heteroatoms. The highest BCUT2D eigenvalue weighted by molar-refractivity contribution is 6.32. The molecule has 1 aliphatic rings. The Kier molecular flexibility index (Phi) is 3.03. The molecule has 0 saturated heterocycles. The van der Waals surface area contributed by atoms with Gasteiger partial charge in [0, 0.05) is 23.6 Å². The SMILES string of the molecule is COc1cc(Cl)c2c(c1CCN)CCO2. The third-order valence-electron chi connectivity index (χ3n) is 2.62. The summed E-state index contributed by atoms with van der Waals surface area (Å²) in [4.78, 5) is 0. The number of hydrogen-bond acceptors (Lipinski definition) is 3. The van der Waals surface area contributed by atoms with Gasteiger partial charge in [0.2, 0.25) is 0 Å². The van der Waals surface area contributed by atoms with Gasteiger partial charge in [-0.1, -0.05) is 11.6 Å². The quantitative estimate of drug-likeness (QED) is 0.856. The Hall–Kier alpha value is -0.930. The molecule has 1 aromatic carbocycles. The lowest BCUT2D eigenvalue weighted by Gasteiger charge is -2.13. The first-order valence-electron chi connectivity index (χ1n) is 4.99. The van der Waals surface area contributed by atoms with Crippen LogP contribution in [0, 0.1) is 0 Å². The Bertz CT molecular complexity index is 379. The van der Waals surface area contributed by atoms with Gasteiger partial charge in [0.25, 0.3) is 0 Å². The van der Waals surface area contributed by atoms with Gasteiger partial charge in [0.1, 0.15) is 11.5 Å². The summed E-state index contributed by atoms with van der Waals surface area (Å²) in [6.45, 7) is 1.30. The van der Waals surface area contributed by atoms with Crippen LogP contribution in [0.5, 0.6) is 11.5 Å². The molecule has 0 saturated carbocycles. The van der Waals surface area contributed by atoms with E-state index in [1.54, 1.807) is 13.2 Å². The third-order valence-corrected chi connectivity index (χ3v) is 2.90. The van der Waals surface area contributed by atoms with E-state index in [-0.39, 0.29) is 0 Å². The monoisotopic (exact) mass is 227 g/mol. The molecule has 0 spiro atoms. The fraction of sp³-hybridized carbons (Fsp3) is 0.455. The molecule has 0 aliphatic carbocycles. The molecular formula is C11H14ClNO2. The van der Waals surface area contributed by atoms with Gasteiger partial charge in [0.05, 0.1) is 18.7 Å². The van der Waals surface area contributed by atoms with Crippen molar-refractivity contribution in [1.82, 2.24) is 0 Å². The normalized spacial score (nSPS) is 13.5. The van der Waals surface area contributed by atoms with Crippen LogP contribution in [0.3, 0.4) is 0 Å². The number of hydrogen-bond donors (Lipinski definition) is 1. The number of methoxy groups -OCH3 is 1. The topological polar surface area (TPSA) is 44.5 Å². The van der Waals surface area contributed by atoms with Crippen LogP contribution in [0.1, 0.15) is 11.1 Å². The van der Waals surface area contributed by atoms with E-state index >= 15 is 0 Å². The summed E-state index contributed by atoms with van der Waals surface area (Å²) in [5, 5.41) is 0.625. The molecule has 2 rings (SSSR count). The summed E-state index contributed by atoms with van der Waals surface area (Å²) >= 11 is 6.09. The summed E-state index contributed by atoms with van der Waals surface area (Å²) in [5.74, 6) is 1.62. The van der Waals surface area contributed by atoms with Crippen molar-refractivity contribution in [1.29, 1.82) is 0 Å². The highest BCUT2D eigenvalue weighted by Crippen LogP contribution is 2.40. The molecule has 0 unspecified atom stereocenters. The number of nitrogens with two attached hydrogens (primary N) is 1. The highest BCUT2D eigenvalue weighted by atomic mass is 35.5. The maximum atomic E-state index is 6.09. The number of halogens is 1. The minimum absolute atomic E-state index is 0.602. The predicted molar refractivity (Wildman–Crippen MR) is 60.0 cm³/mol. The zero-order valence-corrected chi connectivity index (χ0v) is 9.43. The molecule has 15 heavy (non-hydrogen) atoms. The summed E-state index contributed by atoms with van der Waals surface area (Å²) in [5.41, 5.74) is 7.88. The van der Waals surface area contributed by atoms with Gasteiger partial charge in [-0.2, -0.15) is 0 Å². The van der Waals surface area contributed by atoms with Gasteiger partial charge >= 0.3 is 0 Å². The second kappa shape index (κ2) is 4.29. The maximum absolute atomic E-state index is 6.09. The van der Waals surface area contributed by atoms with Crippen molar-refractivity contribution >= 4 is 11.6 Å². The molecule has 0 atom stereocenters. The molecule has 1 aromatic rings.